The topological polar surface area (TPSA) is 67.4 Å². The van der Waals surface area contributed by atoms with E-state index in [0.29, 0.717) is 5.02 Å². The summed E-state index contributed by atoms with van der Waals surface area (Å²) in [6, 6.07) is 16.1. The first-order valence-electron chi connectivity index (χ1n) is 7.16. The molecule has 2 atom stereocenters. The van der Waals surface area contributed by atoms with Crippen molar-refractivity contribution in [3.63, 3.8) is 0 Å². The summed E-state index contributed by atoms with van der Waals surface area (Å²) >= 11 is 5.85. The van der Waals surface area contributed by atoms with Crippen LogP contribution in [0.1, 0.15) is 17.2 Å². The Kier molecular flexibility index (Phi) is 4.60. The monoisotopic (exact) mass is 330 g/mol. The highest BCUT2D eigenvalue weighted by Gasteiger charge is 2.45. The molecule has 1 saturated heterocycles. The van der Waals surface area contributed by atoms with Gasteiger partial charge in [0.25, 0.3) is 5.91 Å². The largest absolute Gasteiger partial charge is 0.347 e. The molecule has 5 nitrogen and oxygen atoms in total. The van der Waals surface area contributed by atoms with Crippen molar-refractivity contribution >= 4 is 23.4 Å². The van der Waals surface area contributed by atoms with Crippen LogP contribution in [0.5, 0.6) is 0 Å². The van der Waals surface area contributed by atoms with E-state index in [2.05, 4.69) is 10.8 Å². The van der Waals surface area contributed by atoms with Crippen molar-refractivity contribution in [2.24, 2.45) is 5.92 Å². The summed E-state index contributed by atoms with van der Waals surface area (Å²) in [6.45, 7) is 0.243. The Morgan fingerprint density at radius 2 is 1.83 bits per heavy atom. The van der Waals surface area contributed by atoms with Gasteiger partial charge in [-0.15, -0.1) is 0 Å². The summed E-state index contributed by atoms with van der Waals surface area (Å²) in [5, 5.41) is 3.32. The van der Waals surface area contributed by atoms with E-state index in [0.717, 1.165) is 11.1 Å². The molecule has 2 aromatic rings. The molecule has 2 amide bonds. The number of rotatable bonds is 5. The maximum Gasteiger partial charge on any atom is 0.258 e. The van der Waals surface area contributed by atoms with Crippen LogP contribution in [0.25, 0.3) is 0 Å². The van der Waals surface area contributed by atoms with Crippen molar-refractivity contribution in [3.05, 3.63) is 70.7 Å². The zero-order chi connectivity index (χ0) is 16.2. The Hall–Kier alpha value is -2.37. The number of carbonyl (C=O) groups excluding carboxylic acids is 2. The number of hydroxylamine groups is 1. The molecule has 1 fully saturated rings. The maximum atomic E-state index is 12.2. The van der Waals surface area contributed by atoms with Crippen LogP contribution in [0.2, 0.25) is 5.02 Å². The fourth-order valence-electron chi connectivity index (χ4n) is 2.43. The number of halogens is 1. The Morgan fingerprint density at radius 1 is 1.13 bits per heavy atom. The average Bonchev–Trinajstić information content (AvgIpc) is 2.54. The zero-order valence-corrected chi connectivity index (χ0v) is 12.9. The quantitative estimate of drug-likeness (QED) is 0.502. The second-order valence-corrected chi connectivity index (χ2v) is 5.69. The highest BCUT2D eigenvalue weighted by molar-refractivity contribution is 6.30. The van der Waals surface area contributed by atoms with Crippen LogP contribution in [0.15, 0.2) is 54.6 Å². The van der Waals surface area contributed by atoms with E-state index in [1.807, 2.05) is 30.3 Å². The Morgan fingerprint density at radius 3 is 2.48 bits per heavy atom. The summed E-state index contributed by atoms with van der Waals surface area (Å²) in [6.07, 6.45) is 0. The summed E-state index contributed by atoms with van der Waals surface area (Å²) in [5.74, 6) is -1.57. The minimum atomic E-state index is -0.799. The van der Waals surface area contributed by atoms with Crippen molar-refractivity contribution < 1.29 is 14.4 Å². The second-order valence-electron chi connectivity index (χ2n) is 5.26. The molecule has 3 rings (SSSR count). The highest BCUT2D eigenvalue weighted by atomic mass is 35.5. The lowest BCUT2D eigenvalue weighted by Crippen LogP contribution is -2.57. The van der Waals surface area contributed by atoms with Crippen molar-refractivity contribution in [2.75, 3.05) is 0 Å². The Bertz CT molecular complexity index is 704. The van der Waals surface area contributed by atoms with Crippen LogP contribution in [-0.2, 0) is 21.0 Å². The van der Waals surface area contributed by atoms with E-state index >= 15 is 0 Å². The number of benzene rings is 2. The molecule has 118 valence electrons. The summed E-state index contributed by atoms with van der Waals surface area (Å²) in [5.41, 5.74) is 4.11. The van der Waals surface area contributed by atoms with E-state index in [1.54, 1.807) is 24.3 Å². The normalized spacial score (nSPS) is 19.6. The second kappa shape index (κ2) is 6.81. The van der Waals surface area contributed by atoms with Gasteiger partial charge in [0.2, 0.25) is 5.91 Å². The molecule has 0 spiro atoms. The fourth-order valence-corrected chi connectivity index (χ4v) is 2.55. The van der Waals surface area contributed by atoms with Gasteiger partial charge in [-0.2, -0.15) is 0 Å². The first-order chi connectivity index (χ1) is 11.1. The third kappa shape index (κ3) is 3.52. The average molecular weight is 331 g/mol. The summed E-state index contributed by atoms with van der Waals surface area (Å²) in [4.78, 5) is 29.0. The van der Waals surface area contributed by atoms with Crippen LogP contribution in [0.4, 0.5) is 0 Å². The van der Waals surface area contributed by atoms with Gasteiger partial charge in [-0.1, -0.05) is 54.1 Å². The molecular formula is C17H15ClN2O3. The van der Waals surface area contributed by atoms with Gasteiger partial charge in [0.15, 0.2) is 0 Å². The van der Waals surface area contributed by atoms with Gasteiger partial charge in [-0.3, -0.25) is 14.4 Å². The summed E-state index contributed by atoms with van der Waals surface area (Å²) < 4.78 is 0. The van der Waals surface area contributed by atoms with Crippen LogP contribution >= 0.6 is 11.6 Å². The van der Waals surface area contributed by atoms with Crippen LogP contribution in [-0.4, -0.2) is 11.8 Å². The smallest absolute Gasteiger partial charge is 0.258 e. The molecule has 1 aliphatic heterocycles. The van der Waals surface area contributed by atoms with Gasteiger partial charge in [-0.25, -0.2) is 5.48 Å². The van der Waals surface area contributed by atoms with Gasteiger partial charge in [0, 0.05) is 5.02 Å². The predicted octanol–water partition coefficient (Wildman–Crippen LogP) is 2.38. The third-order valence-electron chi connectivity index (χ3n) is 3.68. The van der Waals surface area contributed by atoms with E-state index in [1.165, 1.54) is 0 Å². The molecule has 23 heavy (non-hydrogen) atoms. The molecule has 6 heteroatoms. The fraction of sp³-hybridized carbons (Fsp3) is 0.176. The lowest BCUT2D eigenvalue weighted by atomic mass is 9.84. The van der Waals surface area contributed by atoms with Crippen molar-refractivity contribution in [2.45, 2.75) is 12.6 Å². The molecule has 0 bridgehead atoms. The standard InChI is InChI=1S/C17H15ClN2O3/c18-13-8-6-12(7-9-13)15-14(16(21)19-15)17(22)20-23-10-11-4-2-1-3-5-11/h1-9,14-15H,10H2,(H,19,21)(H,20,22). The van der Waals surface area contributed by atoms with Gasteiger partial charge in [0.05, 0.1) is 12.6 Å². The third-order valence-corrected chi connectivity index (χ3v) is 3.93. The van der Waals surface area contributed by atoms with Gasteiger partial charge >= 0.3 is 0 Å². The number of β-lactam (4-membered cyclic amide) rings is 1. The molecule has 2 unspecified atom stereocenters. The van der Waals surface area contributed by atoms with Gasteiger partial charge in [0.1, 0.15) is 5.92 Å². The van der Waals surface area contributed by atoms with Gasteiger partial charge < -0.3 is 5.32 Å². The van der Waals surface area contributed by atoms with Gasteiger partial charge in [-0.05, 0) is 23.3 Å². The van der Waals surface area contributed by atoms with Crippen molar-refractivity contribution in [1.29, 1.82) is 0 Å². The molecule has 0 aliphatic carbocycles. The van der Waals surface area contributed by atoms with Crippen LogP contribution < -0.4 is 10.8 Å². The summed E-state index contributed by atoms with van der Waals surface area (Å²) in [7, 11) is 0. The van der Waals surface area contributed by atoms with Crippen LogP contribution in [0.3, 0.4) is 0 Å². The predicted molar refractivity (Wildman–Crippen MR) is 85.2 cm³/mol. The lowest BCUT2D eigenvalue weighted by molar-refractivity contribution is -0.152. The van der Waals surface area contributed by atoms with E-state index < -0.39 is 11.8 Å². The van der Waals surface area contributed by atoms with E-state index in [-0.39, 0.29) is 18.6 Å². The SMILES string of the molecule is O=C(NOCc1ccccc1)C1C(=O)NC1c1ccc(Cl)cc1. The van der Waals surface area contributed by atoms with Crippen molar-refractivity contribution in [3.8, 4) is 0 Å². The molecule has 2 aromatic carbocycles. The van der Waals surface area contributed by atoms with Crippen molar-refractivity contribution in [1.82, 2.24) is 10.8 Å². The number of carbonyl (C=O) groups is 2. The molecule has 1 heterocycles. The van der Waals surface area contributed by atoms with E-state index in [4.69, 9.17) is 16.4 Å². The zero-order valence-electron chi connectivity index (χ0n) is 12.2. The maximum absolute atomic E-state index is 12.2. The molecule has 0 aromatic heterocycles. The molecule has 2 N–H and O–H groups in total. The first kappa shape index (κ1) is 15.5. The number of hydrogen-bond acceptors (Lipinski definition) is 3. The van der Waals surface area contributed by atoms with E-state index in [9.17, 15) is 9.59 Å². The molecular weight excluding hydrogens is 316 g/mol. The first-order valence-corrected chi connectivity index (χ1v) is 7.54. The Labute approximate surface area is 138 Å². The minimum Gasteiger partial charge on any atom is -0.347 e. The molecule has 1 aliphatic rings. The highest BCUT2D eigenvalue weighted by Crippen LogP contribution is 2.31. The molecule has 0 saturated carbocycles. The number of amides is 2. The molecule has 0 radical (unpaired) electrons. The number of hydrogen-bond donors (Lipinski definition) is 2. The number of nitrogens with one attached hydrogen (secondary N) is 2. The Balaban J connectivity index is 1.57. The lowest BCUT2D eigenvalue weighted by Gasteiger charge is -2.35. The minimum absolute atomic E-state index is 0.243. The van der Waals surface area contributed by atoms with Crippen LogP contribution in [0, 0.1) is 5.92 Å².